The van der Waals surface area contributed by atoms with Gasteiger partial charge in [0.05, 0.1) is 31.1 Å². The fraction of sp³-hybridized carbons (Fsp3) is 0.667. The fourth-order valence-corrected chi connectivity index (χ4v) is 3.40. The van der Waals surface area contributed by atoms with Crippen LogP contribution >= 0.6 is 0 Å². The molecule has 3 atom stereocenters. The summed E-state index contributed by atoms with van der Waals surface area (Å²) in [6.45, 7) is 0. The van der Waals surface area contributed by atoms with E-state index in [1.165, 1.54) is 13.5 Å². The van der Waals surface area contributed by atoms with Crippen molar-refractivity contribution >= 4 is 5.97 Å². The quantitative estimate of drug-likeness (QED) is 0.678. The number of allylic oxidation sites excluding steroid dienone is 2. The Labute approximate surface area is 113 Å². The third kappa shape index (κ3) is 2.49. The molecule has 19 heavy (non-hydrogen) atoms. The zero-order valence-corrected chi connectivity index (χ0v) is 11.2. The highest BCUT2D eigenvalue weighted by Crippen LogP contribution is 2.44. The van der Waals surface area contributed by atoms with Crippen LogP contribution in [0.25, 0.3) is 0 Å². The van der Waals surface area contributed by atoms with Gasteiger partial charge in [0, 0.05) is 5.57 Å². The predicted octanol–water partition coefficient (Wildman–Crippen LogP) is 2.72. The minimum absolute atomic E-state index is 0.283. The van der Waals surface area contributed by atoms with Crippen LogP contribution in [-0.4, -0.2) is 13.1 Å². The number of carbonyl (C=O) groups is 1. The van der Waals surface area contributed by atoms with E-state index in [4.69, 9.17) is 4.74 Å². The molecule has 2 rings (SSSR count). The van der Waals surface area contributed by atoms with E-state index < -0.39 is 11.8 Å². The summed E-state index contributed by atoms with van der Waals surface area (Å²) in [6.07, 6.45) is 5.96. The van der Waals surface area contributed by atoms with Crippen molar-refractivity contribution < 1.29 is 9.53 Å². The third-order valence-corrected chi connectivity index (χ3v) is 4.35. The van der Waals surface area contributed by atoms with Crippen LogP contribution in [0.15, 0.2) is 11.1 Å². The topological polar surface area (TPSA) is 73.9 Å². The number of nitriles is 2. The normalized spacial score (nSPS) is 30.6. The Morgan fingerprint density at radius 3 is 2.74 bits per heavy atom. The molecule has 0 aromatic heterocycles. The first-order chi connectivity index (χ1) is 9.22. The summed E-state index contributed by atoms with van der Waals surface area (Å²) in [6, 6.07) is 4.33. The van der Waals surface area contributed by atoms with Gasteiger partial charge in [-0.25, -0.2) is 0 Å². The lowest BCUT2D eigenvalue weighted by molar-refractivity contribution is -0.147. The summed E-state index contributed by atoms with van der Waals surface area (Å²) in [5.41, 5.74) is 1.67. The molecule has 1 saturated carbocycles. The molecule has 1 fully saturated rings. The molecule has 0 saturated heterocycles. The van der Waals surface area contributed by atoms with Gasteiger partial charge in [-0.2, -0.15) is 10.5 Å². The van der Waals surface area contributed by atoms with Crippen LogP contribution in [0.3, 0.4) is 0 Å². The molecule has 3 unspecified atom stereocenters. The molecule has 4 heteroatoms. The Morgan fingerprint density at radius 2 is 2.11 bits per heavy atom. The molecule has 4 nitrogen and oxygen atoms in total. The molecule has 0 N–H and O–H groups in total. The third-order valence-electron chi connectivity index (χ3n) is 4.35. The molecule has 0 spiro atoms. The summed E-state index contributed by atoms with van der Waals surface area (Å²) < 4.78 is 4.80. The molecule has 0 heterocycles. The average molecular weight is 258 g/mol. The maximum atomic E-state index is 11.9. The van der Waals surface area contributed by atoms with E-state index in [2.05, 4.69) is 12.1 Å². The van der Waals surface area contributed by atoms with Crippen molar-refractivity contribution in [2.45, 2.75) is 38.5 Å². The number of hydrogen-bond acceptors (Lipinski definition) is 4. The highest BCUT2D eigenvalue weighted by atomic mass is 16.5. The van der Waals surface area contributed by atoms with Gasteiger partial charge in [0.1, 0.15) is 0 Å². The van der Waals surface area contributed by atoms with Crippen molar-refractivity contribution in [3.63, 3.8) is 0 Å². The van der Waals surface area contributed by atoms with Crippen LogP contribution in [0.4, 0.5) is 0 Å². The number of nitrogens with zero attached hydrogens (tertiary/aromatic N) is 2. The number of hydrogen-bond donors (Lipinski definition) is 0. The number of methoxy groups -OCH3 is 1. The van der Waals surface area contributed by atoms with Crippen LogP contribution in [0, 0.1) is 40.4 Å². The molecule has 0 aliphatic heterocycles. The van der Waals surface area contributed by atoms with Gasteiger partial charge in [-0.15, -0.1) is 0 Å². The molecule has 0 radical (unpaired) electrons. The maximum absolute atomic E-state index is 11.9. The monoisotopic (exact) mass is 258 g/mol. The van der Waals surface area contributed by atoms with Gasteiger partial charge in [0.15, 0.2) is 0 Å². The van der Waals surface area contributed by atoms with Crippen LogP contribution < -0.4 is 0 Å². The van der Waals surface area contributed by atoms with Crippen LogP contribution in [0.2, 0.25) is 0 Å². The minimum Gasteiger partial charge on any atom is -0.469 e. The molecular weight excluding hydrogens is 240 g/mol. The zero-order chi connectivity index (χ0) is 13.8. The molecule has 0 aromatic carbocycles. The highest BCUT2D eigenvalue weighted by Gasteiger charge is 2.41. The largest absolute Gasteiger partial charge is 0.469 e. The van der Waals surface area contributed by atoms with Gasteiger partial charge in [0.25, 0.3) is 0 Å². The molecular formula is C15H18N2O2. The maximum Gasteiger partial charge on any atom is 0.310 e. The first-order valence-corrected chi connectivity index (χ1v) is 6.83. The standard InChI is InChI=1S/C15H18N2O2/c1-19-15(18)12-7-10-5-3-2-4-6-11(10)13(8-16)14(12)9-17/h10,12,14H,2-7H2,1H3. The Balaban J connectivity index is 2.42. The fourth-order valence-electron chi connectivity index (χ4n) is 3.40. The molecule has 0 aromatic rings. The van der Waals surface area contributed by atoms with Crippen LogP contribution in [0.1, 0.15) is 38.5 Å². The van der Waals surface area contributed by atoms with Gasteiger partial charge >= 0.3 is 5.97 Å². The number of esters is 1. The summed E-state index contributed by atoms with van der Waals surface area (Å²) in [5, 5.41) is 18.7. The van der Waals surface area contributed by atoms with E-state index in [-0.39, 0.29) is 11.9 Å². The first-order valence-electron chi connectivity index (χ1n) is 6.83. The molecule has 0 bridgehead atoms. The Bertz CT molecular complexity index is 481. The van der Waals surface area contributed by atoms with Crippen molar-refractivity contribution in [3.05, 3.63) is 11.1 Å². The highest BCUT2D eigenvalue weighted by molar-refractivity contribution is 5.74. The molecule has 0 amide bonds. The predicted molar refractivity (Wildman–Crippen MR) is 68.4 cm³/mol. The van der Waals surface area contributed by atoms with E-state index in [1.54, 1.807) is 0 Å². The molecule has 2 aliphatic rings. The lowest BCUT2D eigenvalue weighted by Crippen LogP contribution is -2.33. The van der Waals surface area contributed by atoms with Gasteiger partial charge in [-0.1, -0.05) is 18.4 Å². The van der Waals surface area contributed by atoms with E-state index in [1.807, 2.05) is 0 Å². The summed E-state index contributed by atoms with van der Waals surface area (Å²) in [5.74, 6) is -1.17. The average Bonchev–Trinajstić information content (AvgIpc) is 2.69. The smallest absolute Gasteiger partial charge is 0.310 e. The van der Waals surface area contributed by atoms with Gasteiger partial charge in [0.2, 0.25) is 0 Å². The molecule has 2 aliphatic carbocycles. The number of rotatable bonds is 1. The van der Waals surface area contributed by atoms with E-state index in [0.29, 0.717) is 12.0 Å². The van der Waals surface area contributed by atoms with Crippen LogP contribution in [-0.2, 0) is 9.53 Å². The van der Waals surface area contributed by atoms with Crippen molar-refractivity contribution in [2.24, 2.45) is 17.8 Å². The van der Waals surface area contributed by atoms with Gasteiger partial charge < -0.3 is 4.74 Å². The summed E-state index contributed by atoms with van der Waals surface area (Å²) in [7, 11) is 1.34. The van der Waals surface area contributed by atoms with Crippen molar-refractivity contribution in [1.29, 1.82) is 10.5 Å². The second-order valence-corrected chi connectivity index (χ2v) is 5.32. The van der Waals surface area contributed by atoms with Crippen molar-refractivity contribution in [3.8, 4) is 12.1 Å². The lowest BCUT2D eigenvalue weighted by atomic mass is 9.69. The van der Waals surface area contributed by atoms with Crippen molar-refractivity contribution in [1.82, 2.24) is 0 Å². The molecule has 100 valence electrons. The Kier molecular flexibility index (Phi) is 4.22. The number of carbonyl (C=O) groups excluding carboxylic acids is 1. The van der Waals surface area contributed by atoms with Crippen molar-refractivity contribution in [2.75, 3.05) is 7.11 Å². The summed E-state index contributed by atoms with van der Waals surface area (Å²) >= 11 is 0. The lowest BCUT2D eigenvalue weighted by Gasteiger charge is -2.32. The Hall–Kier alpha value is -1.81. The van der Waals surface area contributed by atoms with E-state index in [9.17, 15) is 15.3 Å². The second-order valence-electron chi connectivity index (χ2n) is 5.32. The van der Waals surface area contributed by atoms with Gasteiger partial charge in [-0.05, 0) is 31.6 Å². The van der Waals surface area contributed by atoms with Crippen LogP contribution in [0.5, 0.6) is 0 Å². The Morgan fingerprint density at radius 1 is 1.32 bits per heavy atom. The van der Waals surface area contributed by atoms with Gasteiger partial charge in [-0.3, -0.25) is 4.79 Å². The minimum atomic E-state index is -0.623. The first kappa shape index (κ1) is 13.6. The van der Waals surface area contributed by atoms with E-state index in [0.717, 1.165) is 31.3 Å². The van der Waals surface area contributed by atoms with E-state index >= 15 is 0 Å². The zero-order valence-electron chi connectivity index (χ0n) is 11.2. The second kappa shape index (κ2) is 5.89. The SMILES string of the molecule is COC(=O)C1CC2CCCCCC2=C(C#N)C1C#N. The number of ether oxygens (including phenoxy) is 1. The number of fused-ring (bicyclic) bond motifs is 1. The summed E-state index contributed by atoms with van der Waals surface area (Å²) in [4.78, 5) is 11.9.